The van der Waals surface area contributed by atoms with Crippen LogP contribution in [0.2, 0.25) is 0 Å². The zero-order valence-electron chi connectivity index (χ0n) is 15.6. The van der Waals surface area contributed by atoms with Gasteiger partial charge in [0.15, 0.2) is 0 Å². The Morgan fingerprint density at radius 1 is 1.04 bits per heavy atom. The summed E-state index contributed by atoms with van der Waals surface area (Å²) >= 11 is 0. The predicted molar refractivity (Wildman–Crippen MR) is 105 cm³/mol. The molecule has 4 nitrogen and oxygen atoms in total. The van der Waals surface area contributed by atoms with Crippen molar-refractivity contribution in [3.8, 4) is 0 Å². The molecule has 2 aromatic rings. The Morgan fingerprint density at radius 3 is 2.42 bits per heavy atom. The van der Waals surface area contributed by atoms with Gasteiger partial charge in [0.2, 0.25) is 11.8 Å². The number of carbonyl (C=O) groups is 2. The summed E-state index contributed by atoms with van der Waals surface area (Å²) in [5.41, 5.74) is 1.05. The average Bonchev–Trinajstić information content (AvgIpc) is 2.67. The van der Waals surface area contributed by atoms with Gasteiger partial charge in [0.25, 0.3) is 0 Å². The zero-order chi connectivity index (χ0) is 18.5. The largest absolute Gasteiger partial charge is 0.357 e. The van der Waals surface area contributed by atoms with Crippen molar-refractivity contribution in [3.63, 3.8) is 0 Å². The highest BCUT2D eigenvalue weighted by molar-refractivity contribution is 5.89. The molecule has 0 aromatic heterocycles. The van der Waals surface area contributed by atoms with Gasteiger partial charge in [-0.05, 0) is 47.9 Å². The number of nitrogens with one attached hydrogen (secondary N) is 2. The molecule has 0 aliphatic heterocycles. The molecule has 0 bridgehead atoms. The third-order valence-corrected chi connectivity index (χ3v) is 5.52. The van der Waals surface area contributed by atoms with Crippen molar-refractivity contribution in [2.24, 2.45) is 11.8 Å². The smallest absolute Gasteiger partial charge is 0.242 e. The minimum Gasteiger partial charge on any atom is -0.357 e. The van der Waals surface area contributed by atoms with E-state index < -0.39 is 6.04 Å². The topological polar surface area (TPSA) is 58.2 Å². The van der Waals surface area contributed by atoms with Crippen LogP contribution in [0.25, 0.3) is 10.8 Å². The highest BCUT2D eigenvalue weighted by Gasteiger charge is 2.28. The summed E-state index contributed by atoms with van der Waals surface area (Å²) in [6.07, 6.45) is 4.52. The molecule has 1 saturated carbocycles. The monoisotopic (exact) mass is 352 g/mol. The number of likely N-dealkylation sites (N-methyl/N-ethyl adjacent to an activating group) is 1. The van der Waals surface area contributed by atoms with E-state index in [1.54, 1.807) is 7.05 Å². The molecular formula is C22H28N2O2. The summed E-state index contributed by atoms with van der Waals surface area (Å²) < 4.78 is 0. The number of carbonyl (C=O) groups excluding carboxylic acids is 2. The Bertz CT molecular complexity index is 779. The Kier molecular flexibility index (Phi) is 5.92. The molecule has 0 saturated heterocycles. The van der Waals surface area contributed by atoms with Crippen molar-refractivity contribution < 1.29 is 9.59 Å². The predicted octanol–water partition coefficient (Wildman–Crippen LogP) is 3.44. The van der Waals surface area contributed by atoms with Gasteiger partial charge in [0.1, 0.15) is 6.04 Å². The lowest BCUT2D eigenvalue weighted by atomic mass is 9.82. The van der Waals surface area contributed by atoms with Gasteiger partial charge in [-0.2, -0.15) is 0 Å². The van der Waals surface area contributed by atoms with Gasteiger partial charge in [0, 0.05) is 19.4 Å². The number of rotatable bonds is 5. The molecule has 0 spiro atoms. The summed E-state index contributed by atoms with van der Waals surface area (Å²) in [4.78, 5) is 25.0. The van der Waals surface area contributed by atoms with Crippen molar-refractivity contribution in [2.45, 2.75) is 45.1 Å². The van der Waals surface area contributed by atoms with Crippen LogP contribution < -0.4 is 10.6 Å². The highest BCUT2D eigenvalue weighted by Crippen LogP contribution is 2.28. The number of hydrogen-bond acceptors (Lipinski definition) is 2. The number of fused-ring (bicyclic) bond motifs is 1. The van der Waals surface area contributed by atoms with Crippen molar-refractivity contribution in [1.29, 1.82) is 0 Å². The zero-order valence-corrected chi connectivity index (χ0v) is 15.6. The minimum atomic E-state index is -0.534. The highest BCUT2D eigenvalue weighted by atomic mass is 16.2. The van der Waals surface area contributed by atoms with Gasteiger partial charge in [-0.25, -0.2) is 0 Å². The molecule has 2 N–H and O–H groups in total. The van der Waals surface area contributed by atoms with Crippen LogP contribution in [0.5, 0.6) is 0 Å². The maximum absolute atomic E-state index is 12.6. The Hall–Kier alpha value is -2.36. The second kappa shape index (κ2) is 8.35. The van der Waals surface area contributed by atoms with E-state index >= 15 is 0 Å². The van der Waals surface area contributed by atoms with Gasteiger partial charge in [-0.3, -0.25) is 9.59 Å². The second-order valence-corrected chi connectivity index (χ2v) is 7.52. The van der Waals surface area contributed by atoms with E-state index in [0.29, 0.717) is 12.3 Å². The fourth-order valence-electron chi connectivity index (χ4n) is 3.80. The standard InChI is InChI=1S/C22H28N2O2/c1-15-7-10-18(11-8-15)21(25)24-20(22(26)23-2)14-16-9-12-17-5-3-4-6-19(17)13-16/h3-6,9,12-13,15,18,20H,7-8,10-11,14H2,1-2H3,(H,23,26)(H,24,25). The summed E-state index contributed by atoms with van der Waals surface area (Å²) in [7, 11) is 1.62. The van der Waals surface area contributed by atoms with Crippen LogP contribution in [-0.2, 0) is 16.0 Å². The molecule has 0 radical (unpaired) electrons. The molecule has 1 atom stereocenters. The molecule has 4 heteroatoms. The minimum absolute atomic E-state index is 0.0197. The molecule has 138 valence electrons. The fourth-order valence-corrected chi connectivity index (χ4v) is 3.80. The van der Waals surface area contributed by atoms with Crippen LogP contribution in [0.3, 0.4) is 0 Å². The maximum atomic E-state index is 12.6. The SMILES string of the molecule is CNC(=O)C(Cc1ccc2ccccc2c1)NC(=O)C1CCC(C)CC1. The molecule has 1 aliphatic carbocycles. The summed E-state index contributed by atoms with van der Waals surface area (Å²) in [6, 6.07) is 13.8. The van der Waals surface area contributed by atoms with Crippen molar-refractivity contribution in [3.05, 3.63) is 48.0 Å². The first-order valence-corrected chi connectivity index (χ1v) is 9.56. The van der Waals surface area contributed by atoms with Gasteiger partial charge in [-0.1, -0.05) is 49.4 Å². The summed E-state index contributed by atoms with van der Waals surface area (Å²) in [6.45, 7) is 2.24. The van der Waals surface area contributed by atoms with E-state index in [9.17, 15) is 9.59 Å². The van der Waals surface area contributed by atoms with E-state index in [-0.39, 0.29) is 17.7 Å². The van der Waals surface area contributed by atoms with E-state index in [2.05, 4.69) is 41.8 Å². The van der Waals surface area contributed by atoms with E-state index in [4.69, 9.17) is 0 Å². The van der Waals surface area contributed by atoms with Crippen LogP contribution in [0.15, 0.2) is 42.5 Å². The quantitative estimate of drug-likeness (QED) is 0.866. The fraction of sp³-hybridized carbons (Fsp3) is 0.455. The van der Waals surface area contributed by atoms with Crippen molar-refractivity contribution in [1.82, 2.24) is 10.6 Å². The average molecular weight is 352 g/mol. The molecule has 3 rings (SSSR count). The lowest BCUT2D eigenvalue weighted by molar-refractivity contribution is -0.131. The lowest BCUT2D eigenvalue weighted by Gasteiger charge is -2.27. The van der Waals surface area contributed by atoms with E-state index in [1.165, 1.54) is 5.39 Å². The van der Waals surface area contributed by atoms with Crippen LogP contribution in [0, 0.1) is 11.8 Å². The molecule has 1 fully saturated rings. The molecule has 0 heterocycles. The Labute approximate surface area is 155 Å². The molecule has 1 unspecified atom stereocenters. The molecule has 1 aliphatic rings. The Morgan fingerprint density at radius 2 is 1.73 bits per heavy atom. The third kappa shape index (κ3) is 4.43. The van der Waals surface area contributed by atoms with Gasteiger partial charge in [0.05, 0.1) is 0 Å². The third-order valence-electron chi connectivity index (χ3n) is 5.52. The van der Waals surface area contributed by atoms with E-state index in [0.717, 1.165) is 36.6 Å². The summed E-state index contributed by atoms with van der Waals surface area (Å²) in [5, 5.41) is 8.00. The van der Waals surface area contributed by atoms with Crippen LogP contribution in [-0.4, -0.2) is 24.9 Å². The number of benzene rings is 2. The number of hydrogen-bond donors (Lipinski definition) is 2. The molecule has 2 aromatic carbocycles. The second-order valence-electron chi connectivity index (χ2n) is 7.52. The summed E-state index contributed by atoms with van der Waals surface area (Å²) in [5.74, 6) is 0.614. The lowest BCUT2D eigenvalue weighted by Crippen LogP contribution is -2.49. The maximum Gasteiger partial charge on any atom is 0.242 e. The van der Waals surface area contributed by atoms with Crippen LogP contribution >= 0.6 is 0 Å². The molecule has 26 heavy (non-hydrogen) atoms. The molecule has 2 amide bonds. The van der Waals surface area contributed by atoms with Gasteiger partial charge in [-0.15, -0.1) is 0 Å². The first-order valence-electron chi connectivity index (χ1n) is 9.56. The van der Waals surface area contributed by atoms with Gasteiger partial charge < -0.3 is 10.6 Å². The first kappa shape index (κ1) is 18.4. The van der Waals surface area contributed by atoms with Crippen LogP contribution in [0.4, 0.5) is 0 Å². The van der Waals surface area contributed by atoms with Crippen LogP contribution in [0.1, 0.15) is 38.2 Å². The first-order chi connectivity index (χ1) is 12.6. The Balaban J connectivity index is 1.70. The van der Waals surface area contributed by atoms with Crippen molar-refractivity contribution in [2.75, 3.05) is 7.05 Å². The number of amides is 2. The van der Waals surface area contributed by atoms with Gasteiger partial charge >= 0.3 is 0 Å². The normalized spacial score (nSPS) is 21.2. The van der Waals surface area contributed by atoms with Crippen molar-refractivity contribution >= 4 is 22.6 Å². The molecular weight excluding hydrogens is 324 g/mol. The van der Waals surface area contributed by atoms with E-state index in [1.807, 2.05) is 18.2 Å².